The van der Waals surface area contributed by atoms with Crippen molar-refractivity contribution in [2.75, 3.05) is 6.54 Å². The molecule has 54 heavy (non-hydrogen) atoms. The maximum atomic E-state index is 11.7. The average Bonchev–Trinajstić information content (AvgIpc) is 4.04. The lowest BCUT2D eigenvalue weighted by Crippen LogP contribution is -2.21. The Morgan fingerprint density at radius 3 is 1.31 bits per heavy atom. The first-order valence-corrected chi connectivity index (χ1v) is 17.9. The standard InChI is InChI=1S/C47H35N5O2/c53-42(54)29-48-28-34-27-41-45(32-17-9-3-10-18-32)39-24-23-37(50-39)43(30-13-5-1-6-14-30)35-21-22-36(49-35)44(31-15-7-2-8-16-31)38-25-26-40(51-38)46(47(34)52-41)33-19-11-4-12-20-33/h1-27,48-49,52H,28-29H2,(H,53,54). The molecule has 0 saturated heterocycles. The van der Waals surface area contributed by atoms with E-state index in [1.165, 1.54) is 0 Å². The van der Waals surface area contributed by atoms with Gasteiger partial charge < -0.3 is 20.4 Å². The van der Waals surface area contributed by atoms with Crippen LogP contribution in [0.3, 0.4) is 0 Å². The molecule has 0 amide bonds. The third-order valence-electron chi connectivity index (χ3n) is 9.79. The van der Waals surface area contributed by atoms with Crippen LogP contribution in [0.1, 0.15) is 28.3 Å². The van der Waals surface area contributed by atoms with Gasteiger partial charge in [-0.1, -0.05) is 121 Å². The van der Waals surface area contributed by atoms with Crippen LogP contribution >= 0.6 is 0 Å². The minimum absolute atomic E-state index is 0.173. The number of aromatic amines is 2. The van der Waals surface area contributed by atoms with Gasteiger partial charge in [-0.2, -0.15) is 0 Å². The smallest absolute Gasteiger partial charge is 0.317 e. The summed E-state index contributed by atoms with van der Waals surface area (Å²) in [6, 6.07) is 47.6. The first-order chi connectivity index (χ1) is 26.6. The van der Waals surface area contributed by atoms with E-state index in [2.05, 4.69) is 118 Å². The number of fused-ring (bicyclic) bond motifs is 8. The van der Waals surface area contributed by atoms with Gasteiger partial charge >= 0.3 is 5.97 Å². The summed E-state index contributed by atoms with van der Waals surface area (Å²) < 4.78 is 0. The Morgan fingerprint density at radius 2 is 0.889 bits per heavy atom. The van der Waals surface area contributed by atoms with Gasteiger partial charge in [0.15, 0.2) is 0 Å². The van der Waals surface area contributed by atoms with Crippen LogP contribution < -0.4 is 5.32 Å². The summed E-state index contributed by atoms with van der Waals surface area (Å²) in [5, 5.41) is 12.7. The first-order valence-electron chi connectivity index (χ1n) is 17.9. The summed E-state index contributed by atoms with van der Waals surface area (Å²) in [5.74, 6) is -0.917. The SMILES string of the molecule is O=C(O)CNCc1cc2[nH]c1c(-c1ccccc1)c1nc(c(-c3ccccc3)c3ccc([nH]3)c(-c3ccccc3)c3nc(c2-c2ccccc2)C=C3)C=C1. The molecule has 5 heterocycles. The van der Waals surface area contributed by atoms with Gasteiger partial charge in [0.1, 0.15) is 0 Å². The maximum Gasteiger partial charge on any atom is 0.317 e. The number of aromatic nitrogens is 4. The third kappa shape index (κ3) is 6.23. The van der Waals surface area contributed by atoms with Crippen molar-refractivity contribution in [3.8, 4) is 44.5 Å². The molecule has 2 aliphatic heterocycles. The van der Waals surface area contributed by atoms with E-state index in [1.807, 2.05) is 60.7 Å². The van der Waals surface area contributed by atoms with E-state index >= 15 is 0 Å². The van der Waals surface area contributed by atoms with Crippen molar-refractivity contribution in [1.29, 1.82) is 0 Å². The van der Waals surface area contributed by atoms with Crippen LogP contribution in [0.15, 0.2) is 140 Å². The fourth-order valence-electron chi connectivity index (χ4n) is 7.43. The fourth-order valence-corrected chi connectivity index (χ4v) is 7.43. The Morgan fingerprint density at radius 1 is 0.500 bits per heavy atom. The van der Waals surface area contributed by atoms with Gasteiger partial charge in [-0.15, -0.1) is 0 Å². The van der Waals surface area contributed by atoms with E-state index in [9.17, 15) is 9.90 Å². The number of aliphatic carboxylic acids is 1. The number of benzene rings is 4. The molecular formula is C47H35N5O2. The Kier molecular flexibility index (Phi) is 8.59. The summed E-state index contributed by atoms with van der Waals surface area (Å²) in [6.45, 7) is 0.149. The lowest BCUT2D eigenvalue weighted by atomic mass is 10.0. The van der Waals surface area contributed by atoms with Crippen LogP contribution in [-0.4, -0.2) is 37.6 Å². The van der Waals surface area contributed by atoms with Crippen molar-refractivity contribution in [2.45, 2.75) is 6.54 Å². The highest BCUT2D eigenvalue weighted by molar-refractivity contribution is 6.00. The van der Waals surface area contributed by atoms with Crippen molar-refractivity contribution >= 4 is 52.3 Å². The van der Waals surface area contributed by atoms with Crippen LogP contribution in [0, 0.1) is 0 Å². The van der Waals surface area contributed by atoms with E-state index in [0.717, 1.165) is 94.9 Å². The normalized spacial score (nSPS) is 11.9. The first kappa shape index (κ1) is 32.8. The van der Waals surface area contributed by atoms with Crippen molar-refractivity contribution in [3.63, 3.8) is 0 Å². The van der Waals surface area contributed by atoms with Gasteiger partial charge in [0.05, 0.1) is 34.8 Å². The minimum Gasteiger partial charge on any atom is -0.480 e. The predicted molar refractivity (Wildman–Crippen MR) is 220 cm³/mol. The number of nitrogens with one attached hydrogen (secondary N) is 3. The topological polar surface area (TPSA) is 107 Å². The number of carboxylic acids is 1. The van der Waals surface area contributed by atoms with Crippen LogP contribution in [0.2, 0.25) is 0 Å². The summed E-state index contributed by atoms with van der Waals surface area (Å²) in [6.07, 6.45) is 8.33. The lowest BCUT2D eigenvalue weighted by Gasteiger charge is -2.08. The quantitative estimate of drug-likeness (QED) is 0.126. The maximum absolute atomic E-state index is 11.7. The Bertz CT molecular complexity index is 2750. The van der Waals surface area contributed by atoms with Gasteiger partial charge in [-0.3, -0.25) is 4.79 Å². The zero-order chi connectivity index (χ0) is 36.4. The van der Waals surface area contributed by atoms with Crippen LogP contribution in [0.4, 0.5) is 0 Å². The molecule has 9 rings (SSSR count). The molecule has 7 heteroatoms. The minimum atomic E-state index is -0.917. The zero-order valence-electron chi connectivity index (χ0n) is 29.3. The van der Waals surface area contributed by atoms with Crippen LogP contribution in [-0.2, 0) is 11.3 Å². The number of carbonyl (C=O) groups is 1. The summed E-state index contributed by atoms with van der Waals surface area (Å²) >= 11 is 0. The van der Waals surface area contributed by atoms with E-state index in [1.54, 1.807) is 0 Å². The molecule has 0 radical (unpaired) electrons. The molecule has 0 saturated carbocycles. The molecule has 0 fully saturated rings. The van der Waals surface area contributed by atoms with Gasteiger partial charge in [0, 0.05) is 45.3 Å². The number of nitrogens with zero attached hydrogens (tertiary/aromatic N) is 2. The molecule has 7 aromatic rings. The predicted octanol–water partition coefficient (Wildman–Crippen LogP) is 10.5. The second-order valence-electron chi connectivity index (χ2n) is 13.3. The molecule has 4 N–H and O–H groups in total. The number of hydrogen-bond donors (Lipinski definition) is 4. The highest BCUT2D eigenvalue weighted by Gasteiger charge is 2.20. The number of H-pyrrole nitrogens is 2. The molecule has 0 spiro atoms. The summed E-state index contributed by atoms with van der Waals surface area (Å²) in [5.41, 5.74) is 15.7. The highest BCUT2D eigenvalue weighted by Crippen LogP contribution is 2.39. The summed E-state index contributed by atoms with van der Waals surface area (Å²) in [4.78, 5) is 30.0. The van der Waals surface area contributed by atoms with Crippen molar-refractivity contribution in [2.24, 2.45) is 0 Å². The number of carboxylic acid groups (broad SMARTS) is 1. The highest BCUT2D eigenvalue weighted by atomic mass is 16.4. The Balaban J connectivity index is 1.49. The Hall–Kier alpha value is -7.09. The van der Waals surface area contributed by atoms with Gasteiger partial charge in [0.2, 0.25) is 0 Å². The molecule has 2 aliphatic rings. The van der Waals surface area contributed by atoms with Crippen molar-refractivity contribution in [3.05, 3.63) is 168 Å². The van der Waals surface area contributed by atoms with Gasteiger partial charge in [-0.05, 0) is 70.3 Å². The summed E-state index contributed by atoms with van der Waals surface area (Å²) in [7, 11) is 0. The molecule has 0 unspecified atom stereocenters. The molecule has 0 aliphatic carbocycles. The molecule has 8 bridgehead atoms. The second-order valence-corrected chi connectivity index (χ2v) is 13.3. The zero-order valence-corrected chi connectivity index (χ0v) is 29.3. The van der Waals surface area contributed by atoms with E-state index < -0.39 is 5.97 Å². The molecule has 4 aromatic carbocycles. The van der Waals surface area contributed by atoms with Gasteiger partial charge in [0.25, 0.3) is 0 Å². The fraction of sp³-hybridized carbons (Fsp3) is 0.0426. The largest absolute Gasteiger partial charge is 0.480 e. The third-order valence-corrected chi connectivity index (χ3v) is 9.79. The number of rotatable bonds is 8. The van der Waals surface area contributed by atoms with Crippen LogP contribution in [0.5, 0.6) is 0 Å². The second kappa shape index (κ2) is 14.1. The van der Waals surface area contributed by atoms with E-state index in [-0.39, 0.29) is 6.54 Å². The molecule has 260 valence electrons. The lowest BCUT2D eigenvalue weighted by molar-refractivity contribution is -0.136. The van der Waals surface area contributed by atoms with E-state index in [4.69, 9.17) is 9.97 Å². The number of hydrogen-bond acceptors (Lipinski definition) is 4. The molecule has 3 aromatic heterocycles. The monoisotopic (exact) mass is 701 g/mol. The Labute approximate surface area is 312 Å². The molecule has 0 atom stereocenters. The van der Waals surface area contributed by atoms with Crippen molar-refractivity contribution in [1.82, 2.24) is 25.3 Å². The average molecular weight is 702 g/mol. The van der Waals surface area contributed by atoms with Crippen molar-refractivity contribution < 1.29 is 9.90 Å². The van der Waals surface area contributed by atoms with Crippen LogP contribution in [0.25, 0.3) is 90.9 Å². The van der Waals surface area contributed by atoms with Gasteiger partial charge in [-0.25, -0.2) is 9.97 Å². The molecular weight excluding hydrogens is 667 g/mol. The molecule has 7 nitrogen and oxygen atoms in total. The van der Waals surface area contributed by atoms with E-state index in [0.29, 0.717) is 6.54 Å².